The van der Waals surface area contributed by atoms with Crippen LogP contribution in [0.25, 0.3) is 10.9 Å². The van der Waals surface area contributed by atoms with E-state index in [4.69, 9.17) is 0 Å². The lowest BCUT2D eigenvalue weighted by atomic mass is 10.1. The fourth-order valence-electron chi connectivity index (χ4n) is 3.38. The van der Waals surface area contributed by atoms with Gasteiger partial charge in [-0.25, -0.2) is 9.97 Å². The van der Waals surface area contributed by atoms with Crippen molar-refractivity contribution >= 4 is 22.7 Å². The molecular formula is C18H20N4S. The molecule has 4 nitrogen and oxygen atoms in total. The van der Waals surface area contributed by atoms with Crippen LogP contribution < -0.4 is 0 Å². The van der Waals surface area contributed by atoms with E-state index in [1.165, 1.54) is 27.7 Å². The van der Waals surface area contributed by atoms with E-state index in [-0.39, 0.29) is 0 Å². The van der Waals surface area contributed by atoms with Gasteiger partial charge in [0.2, 0.25) is 0 Å². The van der Waals surface area contributed by atoms with Gasteiger partial charge in [0.25, 0.3) is 0 Å². The van der Waals surface area contributed by atoms with Gasteiger partial charge in [-0.05, 0) is 17.9 Å². The molecule has 3 aromatic rings. The van der Waals surface area contributed by atoms with Crippen LogP contribution in [0.3, 0.4) is 0 Å². The second kappa shape index (κ2) is 5.98. The minimum atomic E-state index is 0.881. The summed E-state index contributed by atoms with van der Waals surface area (Å²) in [5, 5.41) is 2.24. The Morgan fingerprint density at radius 1 is 1.26 bits per heavy atom. The summed E-state index contributed by atoms with van der Waals surface area (Å²) < 4.78 is 2.22. The van der Waals surface area contributed by atoms with Crippen molar-refractivity contribution in [1.82, 2.24) is 19.4 Å². The molecule has 1 aliphatic heterocycles. The molecule has 1 aliphatic rings. The van der Waals surface area contributed by atoms with Crippen LogP contribution in [0.15, 0.2) is 41.8 Å². The fraction of sp³-hybridized carbons (Fsp3) is 0.333. The van der Waals surface area contributed by atoms with Crippen LogP contribution in [-0.2, 0) is 26.6 Å². The van der Waals surface area contributed by atoms with Gasteiger partial charge in [0.15, 0.2) is 5.16 Å². The first-order valence-electron chi connectivity index (χ1n) is 7.88. The number of aryl methyl sites for hydroxylation is 1. The zero-order valence-corrected chi connectivity index (χ0v) is 14.3. The number of fused-ring (bicyclic) bond motifs is 2. The van der Waals surface area contributed by atoms with Crippen molar-refractivity contribution in [2.24, 2.45) is 7.05 Å². The largest absolute Gasteiger partial charge is 0.350 e. The second-order valence-corrected chi connectivity index (χ2v) is 6.85. The lowest BCUT2D eigenvalue weighted by molar-refractivity contribution is 0.243. The van der Waals surface area contributed by atoms with E-state index in [1.807, 2.05) is 12.5 Å². The molecule has 0 fully saturated rings. The van der Waals surface area contributed by atoms with Gasteiger partial charge in [0.1, 0.15) is 0 Å². The SMILES string of the molecule is CSc1ncc2c(n1)CCN(Cc1cn(C)c3ccccc13)C2. The molecule has 0 bridgehead atoms. The molecule has 5 heteroatoms. The van der Waals surface area contributed by atoms with Crippen molar-refractivity contribution in [1.29, 1.82) is 0 Å². The smallest absolute Gasteiger partial charge is 0.187 e. The molecule has 0 spiro atoms. The van der Waals surface area contributed by atoms with E-state index in [1.54, 1.807) is 11.8 Å². The maximum atomic E-state index is 4.65. The van der Waals surface area contributed by atoms with E-state index in [0.717, 1.165) is 31.2 Å². The normalized spacial score (nSPS) is 15.0. The molecule has 0 aliphatic carbocycles. The van der Waals surface area contributed by atoms with Crippen molar-refractivity contribution in [3.8, 4) is 0 Å². The molecule has 0 saturated heterocycles. The molecule has 118 valence electrons. The molecule has 0 amide bonds. The molecule has 0 N–H and O–H groups in total. The van der Waals surface area contributed by atoms with Gasteiger partial charge in [-0.1, -0.05) is 30.0 Å². The summed E-state index contributed by atoms with van der Waals surface area (Å²) in [7, 11) is 2.12. The highest BCUT2D eigenvalue weighted by Gasteiger charge is 2.19. The van der Waals surface area contributed by atoms with Crippen LogP contribution in [-0.4, -0.2) is 32.2 Å². The molecule has 1 aromatic carbocycles. The second-order valence-electron chi connectivity index (χ2n) is 6.07. The number of hydrogen-bond donors (Lipinski definition) is 0. The highest BCUT2D eigenvalue weighted by Crippen LogP contribution is 2.25. The van der Waals surface area contributed by atoms with E-state index in [9.17, 15) is 0 Å². The number of rotatable bonds is 3. The lowest BCUT2D eigenvalue weighted by Gasteiger charge is -2.27. The fourth-order valence-corrected chi connectivity index (χ4v) is 3.74. The Balaban J connectivity index is 1.58. The van der Waals surface area contributed by atoms with Gasteiger partial charge in [0, 0.05) is 62.0 Å². The molecule has 0 unspecified atom stereocenters. The average Bonchev–Trinajstić information content (AvgIpc) is 2.91. The number of benzene rings is 1. The van der Waals surface area contributed by atoms with Gasteiger partial charge in [-0.15, -0.1) is 0 Å². The molecule has 0 atom stereocenters. The van der Waals surface area contributed by atoms with Crippen molar-refractivity contribution < 1.29 is 0 Å². The van der Waals surface area contributed by atoms with Crippen LogP contribution in [0.4, 0.5) is 0 Å². The highest BCUT2D eigenvalue weighted by molar-refractivity contribution is 7.98. The molecule has 0 radical (unpaired) electrons. The first-order chi connectivity index (χ1) is 11.2. The minimum absolute atomic E-state index is 0.881. The number of thioether (sulfide) groups is 1. The molecular weight excluding hydrogens is 304 g/mol. The third-order valence-electron chi connectivity index (χ3n) is 4.55. The summed E-state index contributed by atoms with van der Waals surface area (Å²) in [6, 6.07) is 8.62. The summed E-state index contributed by atoms with van der Waals surface area (Å²) in [6.45, 7) is 2.97. The average molecular weight is 324 g/mol. The number of para-hydroxylation sites is 1. The summed E-state index contributed by atoms with van der Waals surface area (Å²) in [5.41, 5.74) is 5.19. The summed E-state index contributed by atoms with van der Waals surface area (Å²) in [4.78, 5) is 11.6. The Morgan fingerprint density at radius 2 is 2.13 bits per heavy atom. The number of hydrogen-bond acceptors (Lipinski definition) is 4. The van der Waals surface area contributed by atoms with Crippen LogP contribution >= 0.6 is 11.8 Å². The molecule has 23 heavy (non-hydrogen) atoms. The summed E-state index contributed by atoms with van der Waals surface area (Å²) in [6.07, 6.45) is 7.30. The summed E-state index contributed by atoms with van der Waals surface area (Å²) in [5.74, 6) is 0. The first-order valence-corrected chi connectivity index (χ1v) is 9.11. The predicted molar refractivity (Wildman–Crippen MR) is 94.6 cm³/mol. The Kier molecular flexibility index (Phi) is 3.83. The Hall–Kier alpha value is -1.85. The molecule has 2 aromatic heterocycles. The van der Waals surface area contributed by atoms with Gasteiger partial charge in [-0.2, -0.15) is 0 Å². The highest BCUT2D eigenvalue weighted by atomic mass is 32.2. The maximum Gasteiger partial charge on any atom is 0.187 e. The van der Waals surface area contributed by atoms with Crippen molar-refractivity contribution in [3.63, 3.8) is 0 Å². The quantitative estimate of drug-likeness (QED) is 0.547. The summed E-state index contributed by atoms with van der Waals surface area (Å²) >= 11 is 1.61. The molecule has 3 heterocycles. The third-order valence-corrected chi connectivity index (χ3v) is 5.11. The van der Waals surface area contributed by atoms with Crippen LogP contribution in [0.2, 0.25) is 0 Å². The minimum Gasteiger partial charge on any atom is -0.350 e. The van der Waals surface area contributed by atoms with Crippen molar-refractivity contribution in [2.45, 2.75) is 24.7 Å². The maximum absolute atomic E-state index is 4.65. The Morgan fingerprint density at radius 3 is 3.00 bits per heavy atom. The molecule has 0 saturated carbocycles. The zero-order valence-electron chi connectivity index (χ0n) is 13.5. The van der Waals surface area contributed by atoms with Gasteiger partial charge in [0.05, 0.1) is 5.69 Å². The van der Waals surface area contributed by atoms with E-state index in [2.05, 4.69) is 56.9 Å². The number of nitrogens with zero attached hydrogens (tertiary/aromatic N) is 4. The Labute approximate surface area is 140 Å². The van der Waals surface area contributed by atoms with Gasteiger partial charge in [-0.3, -0.25) is 4.90 Å². The van der Waals surface area contributed by atoms with E-state index >= 15 is 0 Å². The predicted octanol–water partition coefficient (Wildman–Crippen LogP) is 3.25. The van der Waals surface area contributed by atoms with Crippen LogP contribution in [0, 0.1) is 0 Å². The Bertz CT molecular complexity index is 855. The lowest BCUT2D eigenvalue weighted by Crippen LogP contribution is -2.30. The third kappa shape index (κ3) is 2.75. The van der Waals surface area contributed by atoms with Crippen molar-refractivity contribution in [3.05, 3.63) is 53.5 Å². The van der Waals surface area contributed by atoms with Crippen LogP contribution in [0.5, 0.6) is 0 Å². The van der Waals surface area contributed by atoms with E-state index < -0.39 is 0 Å². The zero-order chi connectivity index (χ0) is 15.8. The molecule has 4 rings (SSSR count). The van der Waals surface area contributed by atoms with E-state index in [0.29, 0.717) is 0 Å². The monoisotopic (exact) mass is 324 g/mol. The first kappa shape index (κ1) is 14.7. The van der Waals surface area contributed by atoms with Gasteiger partial charge < -0.3 is 4.57 Å². The number of aromatic nitrogens is 3. The van der Waals surface area contributed by atoms with Crippen LogP contribution in [0.1, 0.15) is 16.8 Å². The van der Waals surface area contributed by atoms with Crippen molar-refractivity contribution in [2.75, 3.05) is 12.8 Å². The standard InChI is InChI=1S/C18H20N4S/c1-21-10-14(15-5-3-4-6-17(15)21)12-22-8-7-16-13(11-22)9-19-18(20-16)23-2/h3-6,9-10H,7-8,11-12H2,1-2H3. The topological polar surface area (TPSA) is 34.0 Å². The van der Waals surface area contributed by atoms with Gasteiger partial charge >= 0.3 is 0 Å².